The maximum Gasteiger partial charge on any atom is 0.231 e. The van der Waals surface area contributed by atoms with Crippen molar-refractivity contribution in [2.24, 2.45) is 5.92 Å². The van der Waals surface area contributed by atoms with Gasteiger partial charge in [0.1, 0.15) is 11.6 Å². The highest BCUT2D eigenvalue weighted by Gasteiger charge is 2.35. The first-order chi connectivity index (χ1) is 12.6. The van der Waals surface area contributed by atoms with Crippen LogP contribution in [-0.4, -0.2) is 35.2 Å². The molecule has 2 heterocycles. The van der Waals surface area contributed by atoms with E-state index in [1.165, 1.54) is 16.9 Å². The smallest absolute Gasteiger partial charge is 0.231 e. The van der Waals surface area contributed by atoms with E-state index >= 15 is 0 Å². The zero-order valence-electron chi connectivity index (χ0n) is 14.9. The molecule has 0 radical (unpaired) electrons. The molecule has 1 atom stereocenters. The molecule has 1 aliphatic rings. The minimum absolute atomic E-state index is 0.0382. The number of ether oxygens (including phenoxy) is 1. The lowest BCUT2D eigenvalue weighted by atomic mass is 10.1. The van der Waals surface area contributed by atoms with Crippen molar-refractivity contribution in [1.82, 2.24) is 10.2 Å². The zero-order valence-corrected chi connectivity index (χ0v) is 15.7. The number of hydrogen-bond donors (Lipinski definition) is 1. The first-order valence-corrected chi connectivity index (χ1v) is 9.52. The number of nitrogens with zero attached hydrogens (tertiary/aromatic N) is 3. The number of amides is 2. The Balaban J connectivity index is 1.60. The highest BCUT2D eigenvalue weighted by Crippen LogP contribution is 2.27. The summed E-state index contributed by atoms with van der Waals surface area (Å²) in [6.07, 6.45) is 1.15. The third-order valence-corrected chi connectivity index (χ3v) is 5.09. The molecule has 1 aromatic carbocycles. The number of rotatable bonds is 7. The predicted molar refractivity (Wildman–Crippen MR) is 100 cm³/mol. The lowest BCUT2D eigenvalue weighted by Crippen LogP contribution is -2.28. The molecule has 1 saturated heterocycles. The second kappa shape index (κ2) is 8.37. The van der Waals surface area contributed by atoms with Crippen LogP contribution in [-0.2, 0) is 27.4 Å². The van der Waals surface area contributed by atoms with Crippen molar-refractivity contribution >= 4 is 34.0 Å². The summed E-state index contributed by atoms with van der Waals surface area (Å²) in [7, 11) is 0. The van der Waals surface area contributed by atoms with Gasteiger partial charge in [-0.1, -0.05) is 30.4 Å². The van der Waals surface area contributed by atoms with Crippen molar-refractivity contribution in [3.8, 4) is 0 Å². The highest BCUT2D eigenvalue weighted by molar-refractivity contribution is 7.15. The van der Waals surface area contributed by atoms with Crippen molar-refractivity contribution < 1.29 is 14.3 Å². The van der Waals surface area contributed by atoms with Gasteiger partial charge >= 0.3 is 0 Å². The number of carbonyl (C=O) groups excluding carboxylic acids is 2. The van der Waals surface area contributed by atoms with Crippen LogP contribution in [0.15, 0.2) is 24.3 Å². The van der Waals surface area contributed by atoms with Crippen LogP contribution in [0.25, 0.3) is 0 Å². The Bertz CT molecular complexity index is 775. The predicted octanol–water partition coefficient (Wildman–Crippen LogP) is 2.63. The van der Waals surface area contributed by atoms with Gasteiger partial charge in [-0.3, -0.25) is 9.59 Å². The Kier molecular flexibility index (Phi) is 5.95. The van der Waals surface area contributed by atoms with E-state index in [1.807, 2.05) is 31.2 Å². The van der Waals surface area contributed by atoms with Gasteiger partial charge in [0, 0.05) is 25.3 Å². The van der Waals surface area contributed by atoms with Gasteiger partial charge in [0.2, 0.25) is 16.9 Å². The lowest BCUT2D eigenvalue weighted by Gasteiger charge is -2.16. The highest BCUT2D eigenvalue weighted by atomic mass is 32.1. The first-order valence-electron chi connectivity index (χ1n) is 8.71. The Hall–Kier alpha value is -2.32. The molecule has 0 saturated carbocycles. The third kappa shape index (κ3) is 4.25. The van der Waals surface area contributed by atoms with Crippen molar-refractivity contribution in [1.29, 1.82) is 0 Å². The van der Waals surface area contributed by atoms with Crippen molar-refractivity contribution in [2.45, 2.75) is 33.3 Å². The fourth-order valence-electron chi connectivity index (χ4n) is 2.80. The van der Waals surface area contributed by atoms with Crippen LogP contribution in [0.4, 0.5) is 10.8 Å². The van der Waals surface area contributed by atoms with Crippen LogP contribution in [0.3, 0.4) is 0 Å². The maximum atomic E-state index is 12.5. The van der Waals surface area contributed by atoms with Crippen LogP contribution in [0.2, 0.25) is 0 Å². The topological polar surface area (TPSA) is 84.4 Å². The summed E-state index contributed by atoms with van der Waals surface area (Å²) >= 11 is 1.28. The fourth-order valence-corrected chi connectivity index (χ4v) is 3.48. The van der Waals surface area contributed by atoms with E-state index in [-0.39, 0.29) is 18.2 Å². The summed E-state index contributed by atoms with van der Waals surface area (Å²) in [4.78, 5) is 26.5. The number of anilines is 2. The van der Waals surface area contributed by atoms with E-state index in [9.17, 15) is 9.59 Å². The van der Waals surface area contributed by atoms with Gasteiger partial charge in [-0.25, -0.2) is 0 Å². The molecule has 0 spiro atoms. The van der Waals surface area contributed by atoms with Crippen LogP contribution in [0.1, 0.15) is 30.8 Å². The van der Waals surface area contributed by atoms with Crippen molar-refractivity contribution in [3.05, 3.63) is 34.8 Å². The van der Waals surface area contributed by atoms with Gasteiger partial charge in [-0.2, -0.15) is 0 Å². The van der Waals surface area contributed by atoms with Gasteiger partial charge in [-0.05, 0) is 31.0 Å². The number of aryl methyl sites for hydroxylation is 1. The summed E-state index contributed by atoms with van der Waals surface area (Å²) in [5.74, 6) is -0.638. The summed E-state index contributed by atoms with van der Waals surface area (Å²) < 4.78 is 5.28. The van der Waals surface area contributed by atoms with E-state index in [4.69, 9.17) is 4.74 Å². The number of aromatic nitrogens is 2. The van der Waals surface area contributed by atoms with Crippen molar-refractivity contribution in [3.63, 3.8) is 0 Å². The first kappa shape index (κ1) is 18.5. The normalized spacial score (nSPS) is 16.9. The standard InChI is InChI=1S/C18H22N4O3S/c1-3-12-5-7-14(8-6-12)22-10-13(9-16(22)23)17(24)19-18-21-20-15(26-18)11-25-4-2/h5-8,13H,3-4,9-11H2,1-2H3,(H,19,21,24). The van der Waals surface area contributed by atoms with E-state index in [0.717, 1.165) is 12.1 Å². The molecule has 3 rings (SSSR count). The van der Waals surface area contributed by atoms with Crippen LogP contribution >= 0.6 is 11.3 Å². The van der Waals surface area contributed by atoms with E-state index in [1.54, 1.807) is 4.90 Å². The van der Waals surface area contributed by atoms with Gasteiger partial charge in [-0.15, -0.1) is 10.2 Å². The van der Waals surface area contributed by atoms with E-state index in [2.05, 4.69) is 22.4 Å². The Morgan fingerprint density at radius 1 is 1.31 bits per heavy atom. The molecule has 1 N–H and O–H groups in total. The molecule has 0 bridgehead atoms. The maximum absolute atomic E-state index is 12.5. The molecule has 1 unspecified atom stereocenters. The second-order valence-electron chi connectivity index (χ2n) is 6.05. The summed E-state index contributed by atoms with van der Waals surface area (Å²) in [6.45, 7) is 5.35. The van der Waals surface area contributed by atoms with Gasteiger partial charge in [0.05, 0.1) is 5.92 Å². The monoisotopic (exact) mass is 374 g/mol. The van der Waals surface area contributed by atoms with Gasteiger partial charge < -0.3 is 15.0 Å². The summed E-state index contributed by atoms with van der Waals surface area (Å²) in [6, 6.07) is 7.89. The number of benzene rings is 1. The minimum Gasteiger partial charge on any atom is -0.374 e. The molecule has 1 fully saturated rings. The number of hydrogen-bond acceptors (Lipinski definition) is 6. The van der Waals surface area contributed by atoms with Gasteiger partial charge in [0.25, 0.3) is 0 Å². The van der Waals surface area contributed by atoms with E-state index < -0.39 is 5.92 Å². The molecule has 2 amide bonds. The number of nitrogens with one attached hydrogen (secondary N) is 1. The molecular weight excluding hydrogens is 352 g/mol. The molecule has 26 heavy (non-hydrogen) atoms. The molecule has 2 aromatic rings. The molecule has 1 aliphatic heterocycles. The zero-order chi connectivity index (χ0) is 18.5. The van der Waals surface area contributed by atoms with E-state index in [0.29, 0.717) is 29.9 Å². The molecule has 1 aromatic heterocycles. The second-order valence-corrected chi connectivity index (χ2v) is 7.11. The molecule has 7 nitrogen and oxygen atoms in total. The molecule has 138 valence electrons. The Morgan fingerprint density at radius 2 is 2.08 bits per heavy atom. The van der Waals surface area contributed by atoms with Crippen LogP contribution in [0.5, 0.6) is 0 Å². The quantitative estimate of drug-likeness (QED) is 0.805. The average Bonchev–Trinajstić information content (AvgIpc) is 3.26. The average molecular weight is 374 g/mol. The lowest BCUT2D eigenvalue weighted by molar-refractivity contribution is -0.122. The number of carbonyl (C=O) groups is 2. The van der Waals surface area contributed by atoms with Crippen molar-refractivity contribution in [2.75, 3.05) is 23.4 Å². The molecular formula is C18H22N4O3S. The summed E-state index contributed by atoms with van der Waals surface area (Å²) in [5.41, 5.74) is 2.05. The third-order valence-electron chi connectivity index (χ3n) is 4.28. The molecule has 0 aliphatic carbocycles. The van der Waals surface area contributed by atoms with Gasteiger partial charge in [0.15, 0.2) is 0 Å². The van der Waals surface area contributed by atoms with Crippen LogP contribution in [0, 0.1) is 5.92 Å². The summed E-state index contributed by atoms with van der Waals surface area (Å²) in [5, 5.41) is 11.8. The van der Waals surface area contributed by atoms with Crippen LogP contribution < -0.4 is 10.2 Å². The molecule has 8 heteroatoms. The largest absolute Gasteiger partial charge is 0.374 e. The minimum atomic E-state index is -0.396. The fraction of sp³-hybridized carbons (Fsp3) is 0.444. The Morgan fingerprint density at radius 3 is 2.77 bits per heavy atom. The SMILES string of the molecule is CCOCc1nnc(NC(=O)C2CC(=O)N(c3ccc(CC)cc3)C2)s1. The Labute approximate surface area is 156 Å².